The molecule has 0 heterocycles. The Morgan fingerprint density at radius 1 is 0.684 bits per heavy atom. The van der Waals surface area contributed by atoms with Crippen LogP contribution in [-0.2, 0) is 4.79 Å². The minimum Gasteiger partial charge on any atom is -0.394 e. The van der Waals surface area contributed by atoms with E-state index in [0.717, 1.165) is 32.1 Å². The van der Waals surface area contributed by atoms with Crippen LogP contribution in [0.15, 0.2) is 24.3 Å². The summed E-state index contributed by atoms with van der Waals surface area (Å²) in [5, 5.41) is 43.0. The second-order valence-corrected chi connectivity index (χ2v) is 10.8. The molecular formula is C32H61NO5. The Morgan fingerprint density at radius 3 is 1.74 bits per heavy atom. The van der Waals surface area contributed by atoms with E-state index in [9.17, 15) is 25.2 Å². The van der Waals surface area contributed by atoms with Crippen molar-refractivity contribution in [3.63, 3.8) is 0 Å². The summed E-state index contributed by atoms with van der Waals surface area (Å²) < 4.78 is 0. The van der Waals surface area contributed by atoms with Crippen molar-refractivity contribution in [1.82, 2.24) is 5.32 Å². The van der Waals surface area contributed by atoms with E-state index >= 15 is 0 Å². The van der Waals surface area contributed by atoms with E-state index in [0.29, 0.717) is 6.42 Å². The Labute approximate surface area is 234 Å². The van der Waals surface area contributed by atoms with Crippen molar-refractivity contribution in [3.05, 3.63) is 24.3 Å². The highest BCUT2D eigenvalue weighted by atomic mass is 16.3. The summed E-state index contributed by atoms with van der Waals surface area (Å²) in [5.41, 5.74) is 0. The molecule has 6 nitrogen and oxygen atoms in total. The maximum atomic E-state index is 12.3. The third-order valence-electron chi connectivity index (χ3n) is 7.18. The van der Waals surface area contributed by atoms with Gasteiger partial charge in [-0.2, -0.15) is 0 Å². The number of hydrogen-bond donors (Lipinski definition) is 5. The van der Waals surface area contributed by atoms with E-state index in [2.05, 4.69) is 31.3 Å². The molecule has 0 bridgehead atoms. The first kappa shape index (κ1) is 36.8. The lowest BCUT2D eigenvalue weighted by atomic mass is 9.99. The predicted molar refractivity (Wildman–Crippen MR) is 159 cm³/mol. The summed E-state index contributed by atoms with van der Waals surface area (Å²) in [6.07, 6.45) is 26.4. The van der Waals surface area contributed by atoms with Gasteiger partial charge in [0.1, 0.15) is 12.2 Å². The molecule has 38 heavy (non-hydrogen) atoms. The summed E-state index contributed by atoms with van der Waals surface area (Å²) >= 11 is 0. The average Bonchev–Trinajstić information content (AvgIpc) is 2.92. The summed E-state index contributed by atoms with van der Waals surface area (Å²) in [5.74, 6) is -0.655. The molecule has 0 rings (SSSR count). The number of carbonyl (C=O) groups excluding carboxylic acids is 1. The lowest BCUT2D eigenvalue weighted by Gasteiger charge is -2.27. The minimum absolute atomic E-state index is 0.159. The van der Waals surface area contributed by atoms with Gasteiger partial charge >= 0.3 is 0 Å². The topological polar surface area (TPSA) is 110 Å². The van der Waals surface area contributed by atoms with Crippen LogP contribution in [0.5, 0.6) is 0 Å². The van der Waals surface area contributed by atoms with Crippen LogP contribution in [-0.4, -0.2) is 57.3 Å². The third kappa shape index (κ3) is 21.7. The first-order valence-corrected chi connectivity index (χ1v) is 15.7. The van der Waals surface area contributed by atoms with Crippen LogP contribution in [0.3, 0.4) is 0 Å². The van der Waals surface area contributed by atoms with Crippen molar-refractivity contribution >= 4 is 5.91 Å². The number of hydrogen-bond acceptors (Lipinski definition) is 5. The normalized spacial score (nSPS) is 15.2. The van der Waals surface area contributed by atoms with Gasteiger partial charge in [0, 0.05) is 6.42 Å². The standard InChI is InChI=1S/C32H61NO5/c1-3-5-7-9-11-13-15-16-18-20-22-24-26-30(36)32(38)33-28(27-34)31(37)29(35)25-23-21-19-17-14-12-10-8-6-4-2/h16,18,22,24,28-31,34-37H,3-15,17,19-21,23,25-27H2,1-2H3,(H,33,38)/b18-16-,24-22-. The fourth-order valence-electron chi connectivity index (χ4n) is 4.56. The van der Waals surface area contributed by atoms with E-state index in [1.807, 2.05) is 6.08 Å². The second-order valence-electron chi connectivity index (χ2n) is 10.8. The van der Waals surface area contributed by atoms with Crippen LogP contribution in [0.4, 0.5) is 0 Å². The van der Waals surface area contributed by atoms with Gasteiger partial charge in [-0.15, -0.1) is 0 Å². The van der Waals surface area contributed by atoms with Crippen molar-refractivity contribution in [2.75, 3.05) is 6.61 Å². The number of amides is 1. The van der Waals surface area contributed by atoms with Gasteiger partial charge in [0.25, 0.3) is 0 Å². The molecule has 224 valence electrons. The van der Waals surface area contributed by atoms with Crippen molar-refractivity contribution in [2.24, 2.45) is 0 Å². The fourth-order valence-corrected chi connectivity index (χ4v) is 4.56. The highest BCUT2D eigenvalue weighted by Gasteiger charge is 2.28. The van der Waals surface area contributed by atoms with Crippen LogP contribution < -0.4 is 5.32 Å². The van der Waals surface area contributed by atoms with Gasteiger partial charge in [0.15, 0.2) is 0 Å². The largest absolute Gasteiger partial charge is 0.394 e. The van der Waals surface area contributed by atoms with Crippen LogP contribution >= 0.6 is 0 Å². The van der Waals surface area contributed by atoms with Crippen LogP contribution in [0, 0.1) is 0 Å². The van der Waals surface area contributed by atoms with Gasteiger partial charge in [0.2, 0.25) is 5.91 Å². The highest BCUT2D eigenvalue weighted by Crippen LogP contribution is 2.14. The Bertz CT molecular complexity index is 580. The SMILES string of the molecule is CCCCCCCC/C=C\C/C=C\CC(O)C(=O)NC(CO)C(O)C(O)CCCCCCCCCCCC. The average molecular weight is 540 g/mol. The molecule has 0 aliphatic carbocycles. The van der Waals surface area contributed by atoms with Crippen molar-refractivity contribution in [1.29, 1.82) is 0 Å². The molecule has 0 saturated carbocycles. The van der Waals surface area contributed by atoms with Gasteiger partial charge in [-0.05, 0) is 25.7 Å². The zero-order valence-electron chi connectivity index (χ0n) is 24.7. The number of aliphatic hydroxyl groups is 4. The molecule has 6 heteroatoms. The van der Waals surface area contributed by atoms with Gasteiger partial charge in [-0.25, -0.2) is 0 Å². The Morgan fingerprint density at radius 2 is 1.18 bits per heavy atom. The zero-order valence-corrected chi connectivity index (χ0v) is 24.7. The quantitative estimate of drug-likeness (QED) is 0.0604. The van der Waals surface area contributed by atoms with Crippen molar-refractivity contribution in [2.45, 2.75) is 167 Å². The van der Waals surface area contributed by atoms with Gasteiger partial charge in [0.05, 0.1) is 18.8 Å². The number of nitrogens with one attached hydrogen (secondary N) is 1. The summed E-state index contributed by atoms with van der Waals surface area (Å²) in [7, 11) is 0. The van der Waals surface area contributed by atoms with Crippen LogP contribution in [0.25, 0.3) is 0 Å². The van der Waals surface area contributed by atoms with E-state index in [1.165, 1.54) is 83.5 Å². The molecule has 0 saturated heterocycles. The molecule has 5 N–H and O–H groups in total. The lowest BCUT2D eigenvalue weighted by molar-refractivity contribution is -0.132. The van der Waals surface area contributed by atoms with Crippen molar-refractivity contribution < 1.29 is 25.2 Å². The fraction of sp³-hybridized carbons (Fsp3) is 0.844. The molecule has 0 aromatic heterocycles. The molecular weight excluding hydrogens is 478 g/mol. The first-order valence-electron chi connectivity index (χ1n) is 15.7. The smallest absolute Gasteiger partial charge is 0.249 e. The maximum absolute atomic E-state index is 12.3. The number of allylic oxidation sites excluding steroid dienone is 3. The molecule has 0 spiro atoms. The number of carbonyl (C=O) groups is 1. The van der Waals surface area contributed by atoms with Gasteiger partial charge < -0.3 is 25.7 Å². The van der Waals surface area contributed by atoms with Gasteiger partial charge in [-0.3, -0.25) is 4.79 Å². The molecule has 0 fully saturated rings. The monoisotopic (exact) mass is 539 g/mol. The minimum atomic E-state index is -1.28. The number of rotatable bonds is 27. The first-order chi connectivity index (χ1) is 18.5. The number of unbranched alkanes of at least 4 members (excludes halogenated alkanes) is 15. The van der Waals surface area contributed by atoms with E-state index in [4.69, 9.17) is 0 Å². The van der Waals surface area contributed by atoms with Crippen molar-refractivity contribution in [3.8, 4) is 0 Å². The molecule has 4 unspecified atom stereocenters. The molecule has 0 aliphatic heterocycles. The zero-order chi connectivity index (χ0) is 28.3. The summed E-state index contributed by atoms with van der Waals surface area (Å²) in [4.78, 5) is 12.3. The lowest BCUT2D eigenvalue weighted by Crippen LogP contribution is -2.53. The van der Waals surface area contributed by atoms with E-state index in [-0.39, 0.29) is 6.42 Å². The van der Waals surface area contributed by atoms with Gasteiger partial charge in [-0.1, -0.05) is 134 Å². The predicted octanol–water partition coefficient (Wildman–Crippen LogP) is 6.50. The van der Waals surface area contributed by atoms with Crippen LogP contribution in [0.2, 0.25) is 0 Å². The molecule has 0 aromatic carbocycles. The Balaban J connectivity index is 4.02. The highest BCUT2D eigenvalue weighted by molar-refractivity contribution is 5.81. The third-order valence-corrected chi connectivity index (χ3v) is 7.18. The summed E-state index contributed by atoms with van der Waals surface area (Å²) in [6, 6.07) is -1.01. The van der Waals surface area contributed by atoms with E-state index in [1.54, 1.807) is 6.08 Å². The van der Waals surface area contributed by atoms with Crippen LogP contribution in [0.1, 0.15) is 142 Å². The van der Waals surface area contributed by atoms with E-state index < -0.39 is 36.9 Å². The Kier molecular flexibility index (Phi) is 26.5. The summed E-state index contributed by atoms with van der Waals surface area (Å²) in [6.45, 7) is 3.94. The maximum Gasteiger partial charge on any atom is 0.249 e. The number of aliphatic hydroxyl groups excluding tert-OH is 4. The molecule has 0 aliphatic rings. The molecule has 1 amide bonds. The molecule has 0 radical (unpaired) electrons. The molecule has 4 atom stereocenters. The second kappa shape index (κ2) is 27.4. The molecule has 0 aromatic rings. The Hall–Kier alpha value is -1.21.